The highest BCUT2D eigenvalue weighted by molar-refractivity contribution is 7.89. The van der Waals surface area contributed by atoms with Crippen LogP contribution < -0.4 is 0 Å². The van der Waals surface area contributed by atoms with Gasteiger partial charge in [0.1, 0.15) is 6.61 Å². The van der Waals surface area contributed by atoms with Gasteiger partial charge >= 0.3 is 5.97 Å². The molecule has 0 fully saturated rings. The Balaban J connectivity index is 2.16. The van der Waals surface area contributed by atoms with Gasteiger partial charge in [0.15, 0.2) is 0 Å². The van der Waals surface area contributed by atoms with E-state index in [0.717, 1.165) is 21.2 Å². The van der Waals surface area contributed by atoms with Crippen LogP contribution in [0.5, 0.6) is 0 Å². The van der Waals surface area contributed by atoms with Gasteiger partial charge in [0.2, 0.25) is 0 Å². The van der Waals surface area contributed by atoms with E-state index in [-0.39, 0.29) is 17.1 Å². The molecular formula is C18H21NO5S. The van der Waals surface area contributed by atoms with E-state index in [4.69, 9.17) is 9.57 Å². The van der Waals surface area contributed by atoms with Gasteiger partial charge in [-0.2, -0.15) is 0 Å². The van der Waals surface area contributed by atoms with Crippen molar-refractivity contribution in [2.75, 3.05) is 14.2 Å². The first-order chi connectivity index (χ1) is 11.7. The molecule has 0 saturated carbocycles. The van der Waals surface area contributed by atoms with Crippen molar-refractivity contribution in [1.82, 2.24) is 4.47 Å². The Bertz CT molecular complexity index is 857. The predicted octanol–water partition coefficient (Wildman–Crippen LogP) is 2.84. The van der Waals surface area contributed by atoms with Crippen LogP contribution in [-0.2, 0) is 26.2 Å². The summed E-state index contributed by atoms with van der Waals surface area (Å²) in [6.07, 6.45) is 0. The minimum atomic E-state index is -3.82. The lowest BCUT2D eigenvalue weighted by molar-refractivity contribution is -0.0258. The molecule has 0 aromatic heterocycles. The summed E-state index contributed by atoms with van der Waals surface area (Å²) in [4.78, 5) is 16.9. The molecule has 0 unspecified atom stereocenters. The Morgan fingerprint density at radius 1 is 1.08 bits per heavy atom. The van der Waals surface area contributed by atoms with Gasteiger partial charge in [-0.1, -0.05) is 39.9 Å². The number of sulfonamides is 1. The molecule has 0 aliphatic carbocycles. The lowest BCUT2D eigenvalue weighted by Gasteiger charge is -2.14. The zero-order valence-electron chi connectivity index (χ0n) is 14.6. The summed E-state index contributed by atoms with van der Waals surface area (Å²) >= 11 is 0. The molecule has 7 heteroatoms. The van der Waals surface area contributed by atoms with E-state index in [1.165, 1.54) is 38.4 Å². The first-order valence-electron chi connectivity index (χ1n) is 7.61. The fourth-order valence-electron chi connectivity index (χ4n) is 2.41. The van der Waals surface area contributed by atoms with Crippen LogP contribution >= 0.6 is 0 Å². The molecule has 0 atom stereocenters. The van der Waals surface area contributed by atoms with Gasteiger partial charge in [0.05, 0.1) is 17.6 Å². The summed E-state index contributed by atoms with van der Waals surface area (Å²) in [5.41, 5.74) is 3.21. The number of carbonyl (C=O) groups excluding carboxylic acids is 1. The van der Waals surface area contributed by atoms with Gasteiger partial charge < -0.3 is 4.74 Å². The Kier molecular flexibility index (Phi) is 5.94. The largest absolute Gasteiger partial charge is 0.457 e. The first-order valence-corrected chi connectivity index (χ1v) is 9.05. The van der Waals surface area contributed by atoms with Crippen molar-refractivity contribution in [3.05, 3.63) is 64.7 Å². The summed E-state index contributed by atoms with van der Waals surface area (Å²) in [6, 6.07) is 11.6. The molecule has 0 radical (unpaired) electrons. The number of rotatable bonds is 6. The van der Waals surface area contributed by atoms with Crippen molar-refractivity contribution in [3.8, 4) is 0 Å². The highest BCUT2D eigenvalue weighted by Crippen LogP contribution is 2.17. The van der Waals surface area contributed by atoms with Gasteiger partial charge in [-0.25, -0.2) is 13.2 Å². The number of benzene rings is 2. The number of hydrogen-bond donors (Lipinski definition) is 0. The van der Waals surface area contributed by atoms with Crippen molar-refractivity contribution >= 4 is 16.0 Å². The number of carbonyl (C=O) groups is 1. The van der Waals surface area contributed by atoms with E-state index in [1.807, 2.05) is 32.0 Å². The van der Waals surface area contributed by atoms with Crippen LogP contribution in [-0.4, -0.2) is 33.0 Å². The number of esters is 1. The SMILES string of the molecule is CON(C)S(=O)(=O)c1cccc(C(=O)OCc2cc(C)cc(C)c2)c1. The Labute approximate surface area is 148 Å². The molecule has 0 saturated heterocycles. The quantitative estimate of drug-likeness (QED) is 0.583. The van der Waals surface area contributed by atoms with Crippen LogP contribution in [0, 0.1) is 13.8 Å². The third kappa shape index (κ3) is 4.66. The minimum absolute atomic E-state index is 0.0438. The molecule has 0 aliphatic rings. The monoisotopic (exact) mass is 363 g/mol. The Morgan fingerprint density at radius 3 is 2.32 bits per heavy atom. The third-order valence-electron chi connectivity index (χ3n) is 3.61. The van der Waals surface area contributed by atoms with Gasteiger partial charge in [-0.3, -0.25) is 4.84 Å². The molecule has 2 rings (SSSR count). The molecule has 0 bridgehead atoms. The molecule has 0 N–H and O–H groups in total. The maximum atomic E-state index is 12.2. The van der Waals surface area contributed by atoms with Gasteiger partial charge in [0, 0.05) is 7.05 Å². The molecule has 0 aliphatic heterocycles. The maximum absolute atomic E-state index is 12.2. The van der Waals surface area contributed by atoms with E-state index in [0.29, 0.717) is 0 Å². The zero-order chi connectivity index (χ0) is 18.6. The van der Waals surface area contributed by atoms with Crippen molar-refractivity contribution in [2.24, 2.45) is 0 Å². The van der Waals surface area contributed by atoms with Crippen LogP contribution in [0.3, 0.4) is 0 Å². The molecule has 0 heterocycles. The summed E-state index contributed by atoms with van der Waals surface area (Å²) in [6.45, 7) is 4.06. The fourth-order valence-corrected chi connectivity index (χ4v) is 3.43. The van der Waals surface area contributed by atoms with Crippen LogP contribution in [0.15, 0.2) is 47.4 Å². The smallest absolute Gasteiger partial charge is 0.338 e. The number of hydrogen-bond acceptors (Lipinski definition) is 5. The highest BCUT2D eigenvalue weighted by Gasteiger charge is 2.22. The van der Waals surface area contributed by atoms with Crippen molar-refractivity contribution in [1.29, 1.82) is 0 Å². The molecule has 134 valence electrons. The van der Waals surface area contributed by atoms with Crippen molar-refractivity contribution in [3.63, 3.8) is 0 Å². The highest BCUT2D eigenvalue weighted by atomic mass is 32.2. The molecule has 2 aromatic rings. The van der Waals surface area contributed by atoms with Crippen LogP contribution in [0.4, 0.5) is 0 Å². The normalized spacial score (nSPS) is 11.6. The standard InChI is InChI=1S/C18H21NO5S/c1-13-8-14(2)10-15(9-13)12-24-18(20)16-6-5-7-17(11-16)25(21,22)19(3)23-4/h5-11H,12H2,1-4H3. The maximum Gasteiger partial charge on any atom is 0.338 e. The molecule has 25 heavy (non-hydrogen) atoms. The first kappa shape index (κ1) is 19.1. The van der Waals surface area contributed by atoms with Gasteiger partial charge in [0.25, 0.3) is 10.0 Å². The van der Waals surface area contributed by atoms with Crippen LogP contribution in [0.25, 0.3) is 0 Å². The predicted molar refractivity (Wildman–Crippen MR) is 93.4 cm³/mol. The van der Waals surface area contributed by atoms with E-state index >= 15 is 0 Å². The number of nitrogens with zero attached hydrogens (tertiary/aromatic N) is 1. The molecular weight excluding hydrogens is 342 g/mol. The van der Waals surface area contributed by atoms with Gasteiger partial charge in [-0.15, -0.1) is 0 Å². The van der Waals surface area contributed by atoms with Crippen LogP contribution in [0.1, 0.15) is 27.0 Å². The average molecular weight is 363 g/mol. The lowest BCUT2D eigenvalue weighted by Crippen LogP contribution is -2.25. The fraction of sp³-hybridized carbons (Fsp3) is 0.278. The molecule has 6 nitrogen and oxygen atoms in total. The van der Waals surface area contributed by atoms with Crippen molar-refractivity contribution in [2.45, 2.75) is 25.3 Å². The zero-order valence-corrected chi connectivity index (χ0v) is 15.5. The molecule has 0 spiro atoms. The molecule has 2 aromatic carbocycles. The summed E-state index contributed by atoms with van der Waals surface area (Å²) < 4.78 is 30.5. The number of hydroxylamine groups is 1. The van der Waals surface area contributed by atoms with E-state index in [9.17, 15) is 13.2 Å². The van der Waals surface area contributed by atoms with E-state index in [1.54, 1.807) is 0 Å². The molecule has 0 amide bonds. The summed E-state index contributed by atoms with van der Waals surface area (Å²) in [5, 5.41) is 0. The second kappa shape index (κ2) is 7.77. The number of aryl methyl sites for hydroxylation is 2. The van der Waals surface area contributed by atoms with Crippen LogP contribution in [0.2, 0.25) is 0 Å². The van der Waals surface area contributed by atoms with E-state index in [2.05, 4.69) is 0 Å². The second-order valence-electron chi connectivity index (χ2n) is 5.70. The minimum Gasteiger partial charge on any atom is -0.457 e. The van der Waals surface area contributed by atoms with E-state index < -0.39 is 16.0 Å². The Hall–Kier alpha value is -2.22. The Morgan fingerprint density at radius 2 is 1.72 bits per heavy atom. The third-order valence-corrected chi connectivity index (χ3v) is 5.29. The summed E-state index contributed by atoms with van der Waals surface area (Å²) in [5.74, 6) is -0.587. The summed E-state index contributed by atoms with van der Waals surface area (Å²) in [7, 11) is -1.29. The number of ether oxygens (including phenoxy) is 1. The lowest BCUT2D eigenvalue weighted by atomic mass is 10.1. The van der Waals surface area contributed by atoms with Crippen molar-refractivity contribution < 1.29 is 22.8 Å². The van der Waals surface area contributed by atoms with Gasteiger partial charge in [-0.05, 0) is 37.6 Å². The topological polar surface area (TPSA) is 72.9 Å². The average Bonchev–Trinajstić information content (AvgIpc) is 2.58. The second-order valence-corrected chi connectivity index (χ2v) is 7.63.